The third-order valence-electron chi connectivity index (χ3n) is 6.19. The molecule has 8 heteroatoms. The summed E-state index contributed by atoms with van der Waals surface area (Å²) in [7, 11) is 1.64. The van der Waals surface area contributed by atoms with Gasteiger partial charge in [0.2, 0.25) is 5.89 Å². The van der Waals surface area contributed by atoms with Gasteiger partial charge < -0.3 is 14.3 Å². The van der Waals surface area contributed by atoms with Crippen molar-refractivity contribution in [2.75, 3.05) is 7.11 Å². The molecule has 0 aliphatic heterocycles. The number of para-hydroxylation sites is 1. The molecule has 0 unspecified atom stereocenters. The van der Waals surface area contributed by atoms with Gasteiger partial charge in [0.05, 0.1) is 18.7 Å². The van der Waals surface area contributed by atoms with Crippen LogP contribution in [0.1, 0.15) is 41.8 Å². The number of thiazole rings is 1. The predicted octanol–water partition coefficient (Wildman–Crippen LogP) is 4.79. The highest BCUT2D eigenvalue weighted by Gasteiger charge is 2.36. The number of nitrogens with zero attached hydrogens (tertiary/aromatic N) is 2. The molecule has 0 aliphatic carbocycles. The quantitative estimate of drug-likeness (QED) is 0.421. The van der Waals surface area contributed by atoms with Crippen LogP contribution in [-0.2, 0) is 23.1 Å². The number of carboxylic acid groups (broad SMARTS) is 1. The lowest BCUT2D eigenvalue weighted by Gasteiger charge is -2.23. The number of oxazole rings is 1. The first-order valence-electron chi connectivity index (χ1n) is 10.6. The first kappa shape index (κ1) is 22.8. The molecule has 3 heterocycles. The molecule has 0 atom stereocenters. The van der Waals surface area contributed by atoms with Crippen molar-refractivity contribution in [1.29, 1.82) is 0 Å². The molecule has 0 fully saturated rings. The van der Waals surface area contributed by atoms with Gasteiger partial charge in [-0.1, -0.05) is 18.2 Å². The molecule has 1 N–H and O–H groups in total. The molecule has 0 saturated carbocycles. The number of hydrogen-bond donors (Lipinski definition) is 1. The van der Waals surface area contributed by atoms with Crippen LogP contribution in [0, 0.1) is 13.8 Å². The number of hydrogen-bond acceptors (Lipinski definition) is 6. The van der Waals surface area contributed by atoms with Crippen molar-refractivity contribution in [3.05, 3.63) is 75.0 Å². The van der Waals surface area contributed by atoms with Crippen molar-refractivity contribution >= 4 is 22.1 Å². The summed E-state index contributed by atoms with van der Waals surface area (Å²) in [6.07, 6.45) is 4.35. The van der Waals surface area contributed by atoms with Gasteiger partial charge in [-0.25, -0.2) is 4.98 Å². The highest BCUT2D eigenvalue weighted by molar-refractivity contribution is 7.21. The number of aromatic nitrogens is 2. The average Bonchev–Trinajstić information content (AvgIpc) is 3.41. The standard InChI is InChI=1S/C25H26N2O5S/c1-14-17(11-10-16-8-6-7-9-18(16)31-5)23-27(22(28)19(14)25(3,4)24(29)30)15(2)20(33-23)21-26-12-13-32-21/h6-9,12-13H,10-11H2,1-5H3,(H,29,30). The summed E-state index contributed by atoms with van der Waals surface area (Å²) >= 11 is 1.44. The summed E-state index contributed by atoms with van der Waals surface area (Å²) in [6, 6.07) is 7.82. The van der Waals surface area contributed by atoms with Gasteiger partial charge in [-0.2, -0.15) is 0 Å². The van der Waals surface area contributed by atoms with E-state index in [9.17, 15) is 14.7 Å². The highest BCUT2D eigenvalue weighted by Crippen LogP contribution is 2.37. The van der Waals surface area contributed by atoms with Gasteiger partial charge in [-0.05, 0) is 63.3 Å². The van der Waals surface area contributed by atoms with Crippen molar-refractivity contribution in [2.45, 2.75) is 46.0 Å². The second kappa shape index (κ2) is 8.51. The number of fused-ring (bicyclic) bond motifs is 1. The lowest BCUT2D eigenvalue weighted by Crippen LogP contribution is -2.38. The normalized spacial score (nSPS) is 11.8. The van der Waals surface area contributed by atoms with Gasteiger partial charge in [-0.3, -0.25) is 14.0 Å². The van der Waals surface area contributed by atoms with Crippen LogP contribution in [0.5, 0.6) is 5.75 Å². The Balaban J connectivity index is 1.98. The van der Waals surface area contributed by atoms with Gasteiger partial charge in [-0.15, -0.1) is 11.3 Å². The zero-order valence-electron chi connectivity index (χ0n) is 19.3. The van der Waals surface area contributed by atoms with Crippen LogP contribution >= 0.6 is 11.3 Å². The molecular formula is C25H26N2O5S. The second-order valence-electron chi connectivity index (χ2n) is 8.52. The molecule has 0 spiro atoms. The lowest BCUT2D eigenvalue weighted by atomic mass is 9.81. The zero-order valence-corrected chi connectivity index (χ0v) is 20.1. The Hall–Kier alpha value is -3.39. The number of carboxylic acids is 1. The van der Waals surface area contributed by atoms with Crippen molar-refractivity contribution in [3.63, 3.8) is 0 Å². The van der Waals surface area contributed by atoms with Crippen LogP contribution < -0.4 is 10.3 Å². The molecule has 4 rings (SSSR count). The number of rotatable bonds is 7. The Labute approximate surface area is 195 Å². The molecule has 3 aromatic heterocycles. The molecule has 1 aromatic carbocycles. The number of ether oxygens (including phenoxy) is 1. The summed E-state index contributed by atoms with van der Waals surface area (Å²) in [6.45, 7) is 6.83. The maximum atomic E-state index is 13.7. The number of benzene rings is 1. The van der Waals surface area contributed by atoms with E-state index in [1.165, 1.54) is 17.6 Å². The van der Waals surface area contributed by atoms with Crippen LogP contribution in [0.15, 0.2) is 45.9 Å². The van der Waals surface area contributed by atoms with Crippen LogP contribution in [0.4, 0.5) is 0 Å². The fourth-order valence-electron chi connectivity index (χ4n) is 4.34. The van der Waals surface area contributed by atoms with Gasteiger partial charge in [0.1, 0.15) is 21.7 Å². The minimum Gasteiger partial charge on any atom is -0.496 e. The largest absolute Gasteiger partial charge is 0.496 e. The first-order chi connectivity index (χ1) is 15.7. The predicted molar refractivity (Wildman–Crippen MR) is 128 cm³/mol. The zero-order chi connectivity index (χ0) is 23.9. The van der Waals surface area contributed by atoms with Gasteiger partial charge in [0.25, 0.3) is 5.56 Å². The molecule has 0 bridgehead atoms. The molecule has 33 heavy (non-hydrogen) atoms. The number of aryl methyl sites for hydroxylation is 3. The molecule has 0 amide bonds. The molecule has 0 saturated heterocycles. The first-order valence-corrected chi connectivity index (χ1v) is 11.4. The second-order valence-corrected chi connectivity index (χ2v) is 9.52. The molecule has 0 aliphatic rings. The van der Waals surface area contributed by atoms with E-state index in [-0.39, 0.29) is 5.56 Å². The maximum absolute atomic E-state index is 13.7. The minimum atomic E-state index is -1.35. The SMILES string of the molecule is COc1ccccc1CCc1c(C)c(C(C)(C)C(=O)O)c(=O)n2c(C)c(-c3ncco3)sc12. The number of pyridine rings is 1. The Morgan fingerprint density at radius 2 is 1.97 bits per heavy atom. The smallest absolute Gasteiger partial charge is 0.313 e. The Bertz CT molecular complexity index is 1400. The third kappa shape index (κ3) is 3.74. The topological polar surface area (TPSA) is 94.0 Å². The molecule has 172 valence electrons. The maximum Gasteiger partial charge on any atom is 0.313 e. The lowest BCUT2D eigenvalue weighted by molar-refractivity contribution is -0.142. The van der Waals surface area contributed by atoms with Crippen molar-refractivity contribution in [1.82, 2.24) is 9.38 Å². The van der Waals surface area contributed by atoms with E-state index in [0.717, 1.165) is 26.6 Å². The van der Waals surface area contributed by atoms with Crippen LogP contribution in [0.25, 0.3) is 15.6 Å². The summed E-state index contributed by atoms with van der Waals surface area (Å²) in [5, 5.41) is 9.92. The summed E-state index contributed by atoms with van der Waals surface area (Å²) < 4.78 is 12.6. The van der Waals surface area contributed by atoms with Gasteiger partial charge in [0.15, 0.2) is 0 Å². The molecular weight excluding hydrogens is 440 g/mol. The van der Waals surface area contributed by atoms with Crippen molar-refractivity contribution in [3.8, 4) is 16.5 Å². The fraction of sp³-hybridized carbons (Fsp3) is 0.320. The van der Waals surface area contributed by atoms with Crippen LogP contribution in [0.2, 0.25) is 0 Å². The Morgan fingerprint density at radius 3 is 2.61 bits per heavy atom. The monoisotopic (exact) mass is 466 g/mol. The van der Waals surface area contributed by atoms with Crippen molar-refractivity contribution < 1.29 is 19.1 Å². The molecule has 7 nitrogen and oxygen atoms in total. The molecule has 4 aromatic rings. The van der Waals surface area contributed by atoms with Crippen LogP contribution in [0.3, 0.4) is 0 Å². The van der Waals surface area contributed by atoms with E-state index in [1.54, 1.807) is 31.6 Å². The van der Waals surface area contributed by atoms with Gasteiger partial charge >= 0.3 is 5.97 Å². The fourth-order valence-corrected chi connectivity index (χ4v) is 5.65. The Morgan fingerprint density at radius 1 is 1.24 bits per heavy atom. The number of carbonyl (C=O) groups is 1. The minimum absolute atomic E-state index is 0.294. The van der Waals surface area contributed by atoms with Gasteiger partial charge in [0, 0.05) is 11.3 Å². The van der Waals surface area contributed by atoms with E-state index in [2.05, 4.69) is 4.98 Å². The van der Waals surface area contributed by atoms with E-state index >= 15 is 0 Å². The number of methoxy groups -OCH3 is 1. The summed E-state index contributed by atoms with van der Waals surface area (Å²) in [5.41, 5.74) is 2.01. The molecule has 0 radical (unpaired) electrons. The Kier molecular flexibility index (Phi) is 5.88. The van der Waals surface area contributed by atoms with E-state index in [1.807, 2.05) is 38.1 Å². The van der Waals surface area contributed by atoms with Crippen LogP contribution in [-0.4, -0.2) is 27.6 Å². The summed E-state index contributed by atoms with van der Waals surface area (Å²) in [4.78, 5) is 31.6. The van der Waals surface area contributed by atoms with Crippen molar-refractivity contribution in [2.24, 2.45) is 0 Å². The van der Waals surface area contributed by atoms with E-state index in [0.29, 0.717) is 35.6 Å². The summed E-state index contributed by atoms with van der Waals surface area (Å²) in [5.74, 6) is 0.195. The van der Waals surface area contributed by atoms with E-state index in [4.69, 9.17) is 9.15 Å². The van der Waals surface area contributed by atoms with E-state index < -0.39 is 11.4 Å². The third-order valence-corrected chi connectivity index (χ3v) is 7.49. The number of aliphatic carboxylic acids is 1. The highest BCUT2D eigenvalue weighted by atomic mass is 32.1. The average molecular weight is 467 g/mol.